The minimum absolute atomic E-state index is 0.0512. The predicted molar refractivity (Wildman–Crippen MR) is 78.4 cm³/mol. The molecule has 104 valence electrons. The van der Waals surface area contributed by atoms with Crippen LogP contribution in [-0.4, -0.2) is 6.03 Å². The molecule has 0 aliphatic rings. The van der Waals surface area contributed by atoms with E-state index in [1.54, 1.807) is 0 Å². The third-order valence-electron chi connectivity index (χ3n) is 2.82. The second-order valence-corrected chi connectivity index (χ2v) is 4.79. The lowest BCUT2D eigenvalue weighted by atomic mass is 10.1. The number of anilines is 1. The lowest BCUT2D eigenvalue weighted by molar-refractivity contribution is 0.249. The summed E-state index contributed by atoms with van der Waals surface area (Å²) in [5.74, 6) is -0.531. The normalized spacial score (nSPS) is 11.8. The van der Waals surface area contributed by atoms with Crippen LogP contribution in [0.3, 0.4) is 0 Å². The van der Waals surface area contributed by atoms with Gasteiger partial charge >= 0.3 is 6.03 Å². The first-order chi connectivity index (χ1) is 9.56. The number of rotatable bonds is 3. The van der Waals surface area contributed by atoms with Gasteiger partial charge in [0, 0.05) is 5.02 Å². The van der Waals surface area contributed by atoms with Crippen LogP contribution in [0.25, 0.3) is 0 Å². The summed E-state index contributed by atoms with van der Waals surface area (Å²) in [6, 6.07) is 12.8. The monoisotopic (exact) mass is 292 g/mol. The predicted octanol–water partition coefficient (Wildman–Crippen LogP) is 4.36. The Hall–Kier alpha value is -2.07. The Morgan fingerprint density at radius 1 is 1.20 bits per heavy atom. The van der Waals surface area contributed by atoms with Gasteiger partial charge in [0.1, 0.15) is 5.82 Å². The van der Waals surface area contributed by atoms with Crippen molar-refractivity contribution in [3.8, 4) is 0 Å². The summed E-state index contributed by atoms with van der Waals surface area (Å²) in [7, 11) is 0. The van der Waals surface area contributed by atoms with Crippen molar-refractivity contribution in [1.29, 1.82) is 0 Å². The van der Waals surface area contributed by atoms with Gasteiger partial charge in [-0.05, 0) is 30.7 Å². The van der Waals surface area contributed by atoms with E-state index in [-0.39, 0.29) is 11.7 Å². The molecule has 2 rings (SSSR count). The minimum Gasteiger partial charge on any atom is -0.331 e. The lowest BCUT2D eigenvalue weighted by Gasteiger charge is -2.15. The van der Waals surface area contributed by atoms with Crippen LogP contribution in [0.1, 0.15) is 18.5 Å². The smallest absolute Gasteiger partial charge is 0.319 e. The van der Waals surface area contributed by atoms with Crippen molar-refractivity contribution in [3.63, 3.8) is 0 Å². The number of halogens is 2. The molecule has 0 aromatic heterocycles. The van der Waals surface area contributed by atoms with Gasteiger partial charge < -0.3 is 10.6 Å². The molecule has 0 aliphatic heterocycles. The molecule has 0 spiro atoms. The Morgan fingerprint density at radius 2 is 1.90 bits per heavy atom. The molecule has 20 heavy (non-hydrogen) atoms. The molecule has 2 aromatic carbocycles. The maximum absolute atomic E-state index is 13.5. The van der Waals surface area contributed by atoms with E-state index in [4.69, 9.17) is 11.6 Å². The summed E-state index contributed by atoms with van der Waals surface area (Å²) in [5.41, 5.74) is 1.02. The molecule has 5 heteroatoms. The summed E-state index contributed by atoms with van der Waals surface area (Å²) in [5, 5.41) is 5.53. The molecule has 3 nitrogen and oxygen atoms in total. The molecule has 0 bridgehead atoms. The van der Waals surface area contributed by atoms with Crippen LogP contribution in [0.4, 0.5) is 14.9 Å². The average molecular weight is 293 g/mol. The highest BCUT2D eigenvalue weighted by Gasteiger charge is 2.11. The third-order valence-corrected chi connectivity index (χ3v) is 3.06. The molecule has 0 aliphatic carbocycles. The lowest BCUT2D eigenvalue weighted by Crippen LogP contribution is -2.31. The number of benzene rings is 2. The first kappa shape index (κ1) is 14.3. The van der Waals surface area contributed by atoms with Gasteiger partial charge in [0.15, 0.2) is 0 Å². The van der Waals surface area contributed by atoms with E-state index in [0.717, 1.165) is 5.56 Å². The summed E-state index contributed by atoms with van der Waals surface area (Å²) in [4.78, 5) is 11.8. The minimum atomic E-state index is -0.531. The van der Waals surface area contributed by atoms with E-state index in [1.807, 2.05) is 37.3 Å². The number of hydrogen-bond donors (Lipinski definition) is 2. The number of carbonyl (C=O) groups excluding carboxylic acids is 1. The quantitative estimate of drug-likeness (QED) is 0.867. The average Bonchev–Trinajstić information content (AvgIpc) is 2.43. The van der Waals surface area contributed by atoms with Crippen LogP contribution < -0.4 is 10.6 Å². The first-order valence-corrected chi connectivity index (χ1v) is 6.51. The largest absolute Gasteiger partial charge is 0.331 e. The van der Waals surface area contributed by atoms with Gasteiger partial charge in [-0.3, -0.25) is 0 Å². The van der Waals surface area contributed by atoms with Crippen LogP contribution in [0.15, 0.2) is 48.5 Å². The van der Waals surface area contributed by atoms with Crippen LogP contribution in [0.5, 0.6) is 0 Å². The number of amides is 2. The third kappa shape index (κ3) is 3.71. The zero-order chi connectivity index (χ0) is 14.5. The van der Waals surface area contributed by atoms with Crippen molar-refractivity contribution >= 4 is 23.3 Å². The van der Waals surface area contributed by atoms with Crippen LogP contribution in [0, 0.1) is 5.82 Å². The molecule has 0 fully saturated rings. The summed E-state index contributed by atoms with van der Waals surface area (Å²) >= 11 is 5.76. The fourth-order valence-corrected chi connectivity index (χ4v) is 1.95. The zero-order valence-electron chi connectivity index (χ0n) is 10.9. The highest BCUT2D eigenvalue weighted by molar-refractivity contribution is 6.30. The van der Waals surface area contributed by atoms with E-state index < -0.39 is 11.8 Å². The van der Waals surface area contributed by atoms with Gasteiger partial charge in [0.2, 0.25) is 0 Å². The molecule has 0 heterocycles. The highest BCUT2D eigenvalue weighted by atomic mass is 35.5. The van der Waals surface area contributed by atoms with Gasteiger partial charge in [-0.1, -0.05) is 41.9 Å². The van der Waals surface area contributed by atoms with E-state index in [2.05, 4.69) is 10.6 Å². The number of urea groups is 1. The zero-order valence-corrected chi connectivity index (χ0v) is 11.6. The van der Waals surface area contributed by atoms with Crippen LogP contribution >= 0.6 is 11.6 Å². The SMILES string of the molecule is CC(NC(=O)Nc1cc(Cl)ccc1F)c1ccccc1. The standard InChI is InChI=1S/C15H14ClFN2O/c1-10(11-5-3-2-4-6-11)18-15(20)19-14-9-12(16)7-8-13(14)17/h2-10H,1H3,(H2,18,19,20). The Bertz CT molecular complexity index is 604. The Morgan fingerprint density at radius 3 is 2.60 bits per heavy atom. The maximum atomic E-state index is 13.5. The van der Waals surface area contributed by atoms with Crippen molar-refractivity contribution in [2.24, 2.45) is 0 Å². The molecular formula is C15H14ClFN2O. The molecule has 0 saturated carbocycles. The van der Waals surface area contributed by atoms with Gasteiger partial charge in [-0.25, -0.2) is 9.18 Å². The molecule has 0 saturated heterocycles. The molecule has 2 N–H and O–H groups in total. The van der Waals surface area contributed by atoms with E-state index >= 15 is 0 Å². The van der Waals surface area contributed by atoms with Crippen molar-refractivity contribution < 1.29 is 9.18 Å². The summed E-state index contributed by atoms with van der Waals surface area (Å²) < 4.78 is 13.5. The molecule has 1 unspecified atom stereocenters. The molecule has 1 atom stereocenters. The Balaban J connectivity index is 2.01. The number of carbonyl (C=O) groups is 1. The number of nitrogens with one attached hydrogen (secondary N) is 2. The Labute approximate surface area is 121 Å². The van der Waals surface area contributed by atoms with Crippen LogP contribution in [-0.2, 0) is 0 Å². The second-order valence-electron chi connectivity index (χ2n) is 4.36. The Kier molecular flexibility index (Phi) is 4.58. The van der Waals surface area contributed by atoms with E-state index in [0.29, 0.717) is 5.02 Å². The van der Waals surface area contributed by atoms with E-state index in [9.17, 15) is 9.18 Å². The van der Waals surface area contributed by atoms with Crippen LogP contribution in [0.2, 0.25) is 5.02 Å². The number of hydrogen-bond acceptors (Lipinski definition) is 1. The molecule has 2 aromatic rings. The highest BCUT2D eigenvalue weighted by Crippen LogP contribution is 2.19. The second kappa shape index (κ2) is 6.39. The fourth-order valence-electron chi connectivity index (χ4n) is 1.77. The van der Waals surface area contributed by atoms with Gasteiger partial charge in [0.05, 0.1) is 11.7 Å². The van der Waals surface area contributed by atoms with Gasteiger partial charge in [-0.2, -0.15) is 0 Å². The molecular weight excluding hydrogens is 279 g/mol. The first-order valence-electron chi connectivity index (χ1n) is 6.14. The summed E-state index contributed by atoms with van der Waals surface area (Å²) in [6.45, 7) is 1.85. The van der Waals surface area contributed by atoms with Crippen molar-refractivity contribution in [2.45, 2.75) is 13.0 Å². The molecule has 2 amide bonds. The molecule has 0 radical (unpaired) electrons. The van der Waals surface area contributed by atoms with E-state index in [1.165, 1.54) is 18.2 Å². The van der Waals surface area contributed by atoms with Gasteiger partial charge in [0.25, 0.3) is 0 Å². The maximum Gasteiger partial charge on any atom is 0.319 e. The summed E-state index contributed by atoms with van der Waals surface area (Å²) in [6.07, 6.45) is 0. The van der Waals surface area contributed by atoms with Gasteiger partial charge in [-0.15, -0.1) is 0 Å². The van der Waals surface area contributed by atoms with Crippen molar-refractivity contribution in [2.75, 3.05) is 5.32 Å². The van der Waals surface area contributed by atoms with Crippen molar-refractivity contribution in [3.05, 3.63) is 64.9 Å². The fraction of sp³-hybridized carbons (Fsp3) is 0.133. The topological polar surface area (TPSA) is 41.1 Å². The van der Waals surface area contributed by atoms with Crippen molar-refractivity contribution in [1.82, 2.24) is 5.32 Å².